The predicted molar refractivity (Wildman–Crippen MR) is 62.1 cm³/mol. The molecule has 0 aromatic carbocycles. The van der Waals surface area contributed by atoms with Crippen LogP contribution in [0.5, 0.6) is 5.88 Å². The van der Waals surface area contributed by atoms with Crippen molar-refractivity contribution in [2.45, 2.75) is 6.92 Å². The Morgan fingerprint density at radius 2 is 2.33 bits per heavy atom. The monoisotopic (exact) mass is 248 g/mol. The van der Waals surface area contributed by atoms with E-state index in [1.807, 2.05) is 0 Å². The number of hydrogen-bond acceptors (Lipinski definition) is 6. The van der Waals surface area contributed by atoms with E-state index in [4.69, 9.17) is 9.47 Å². The highest BCUT2D eigenvalue weighted by Gasteiger charge is 2.16. The van der Waals surface area contributed by atoms with Crippen LogP contribution in [0.15, 0.2) is 18.3 Å². The summed E-state index contributed by atoms with van der Waals surface area (Å²) in [5.74, 6) is 0.242. The zero-order chi connectivity index (χ0) is 13.0. The minimum atomic E-state index is -0.542. The number of ether oxygens (including phenoxy) is 2. The Kier molecular flexibility index (Phi) is 3.52. The highest BCUT2D eigenvalue weighted by atomic mass is 16.5. The molecule has 18 heavy (non-hydrogen) atoms. The fourth-order valence-corrected chi connectivity index (χ4v) is 1.40. The molecule has 0 aliphatic carbocycles. The number of rotatable bonds is 4. The number of esters is 1. The lowest BCUT2D eigenvalue weighted by Crippen LogP contribution is -2.06. The van der Waals surface area contributed by atoms with Crippen LogP contribution in [0.25, 0.3) is 11.4 Å². The molecule has 0 aliphatic heterocycles. The number of aromatic amines is 1. The molecule has 0 amide bonds. The molecule has 0 unspecified atom stereocenters. The lowest BCUT2D eigenvalue weighted by Gasteiger charge is -2.02. The SMILES string of the molecule is CCOC(=O)c1nc(-c2cccnc2OC)n[nH]1. The fraction of sp³-hybridized carbons (Fsp3) is 0.273. The molecule has 0 fully saturated rings. The largest absolute Gasteiger partial charge is 0.480 e. The van der Waals surface area contributed by atoms with E-state index in [-0.39, 0.29) is 12.4 Å². The van der Waals surface area contributed by atoms with Crippen LogP contribution in [0.3, 0.4) is 0 Å². The number of methoxy groups -OCH3 is 1. The van der Waals surface area contributed by atoms with E-state index in [0.29, 0.717) is 17.3 Å². The van der Waals surface area contributed by atoms with Crippen molar-refractivity contribution >= 4 is 5.97 Å². The lowest BCUT2D eigenvalue weighted by atomic mass is 10.2. The minimum Gasteiger partial charge on any atom is -0.480 e. The van der Waals surface area contributed by atoms with Gasteiger partial charge in [0.25, 0.3) is 0 Å². The normalized spacial score (nSPS) is 10.1. The van der Waals surface area contributed by atoms with Gasteiger partial charge in [0.1, 0.15) is 0 Å². The van der Waals surface area contributed by atoms with Crippen LogP contribution in [-0.4, -0.2) is 39.9 Å². The molecule has 0 radical (unpaired) electrons. The van der Waals surface area contributed by atoms with Crippen LogP contribution < -0.4 is 4.74 Å². The molecule has 0 saturated carbocycles. The summed E-state index contributed by atoms with van der Waals surface area (Å²) in [6.45, 7) is 2.00. The molecule has 7 heteroatoms. The van der Waals surface area contributed by atoms with Crippen molar-refractivity contribution in [3.63, 3.8) is 0 Å². The Hall–Kier alpha value is -2.44. The summed E-state index contributed by atoms with van der Waals surface area (Å²) >= 11 is 0. The maximum atomic E-state index is 11.4. The van der Waals surface area contributed by atoms with Crippen LogP contribution >= 0.6 is 0 Å². The van der Waals surface area contributed by atoms with E-state index in [9.17, 15) is 4.79 Å². The maximum absolute atomic E-state index is 11.4. The molecule has 1 N–H and O–H groups in total. The van der Waals surface area contributed by atoms with E-state index in [1.54, 1.807) is 25.3 Å². The first-order valence-electron chi connectivity index (χ1n) is 5.35. The van der Waals surface area contributed by atoms with Crippen molar-refractivity contribution in [1.82, 2.24) is 20.2 Å². The first kappa shape index (κ1) is 12.0. The van der Waals surface area contributed by atoms with E-state index in [2.05, 4.69) is 20.2 Å². The van der Waals surface area contributed by atoms with Crippen molar-refractivity contribution in [2.24, 2.45) is 0 Å². The van der Waals surface area contributed by atoms with Gasteiger partial charge in [0.05, 0.1) is 19.3 Å². The number of H-pyrrole nitrogens is 1. The third-order valence-electron chi connectivity index (χ3n) is 2.16. The number of carbonyl (C=O) groups is 1. The van der Waals surface area contributed by atoms with Crippen molar-refractivity contribution in [3.8, 4) is 17.3 Å². The van der Waals surface area contributed by atoms with Gasteiger partial charge in [-0.05, 0) is 19.1 Å². The molecule has 7 nitrogen and oxygen atoms in total. The zero-order valence-electron chi connectivity index (χ0n) is 10.0. The van der Waals surface area contributed by atoms with Gasteiger partial charge in [0, 0.05) is 6.20 Å². The molecule has 2 heterocycles. The summed E-state index contributed by atoms with van der Waals surface area (Å²) in [6.07, 6.45) is 1.60. The van der Waals surface area contributed by atoms with Crippen molar-refractivity contribution in [3.05, 3.63) is 24.2 Å². The van der Waals surface area contributed by atoms with Crippen LogP contribution in [0.1, 0.15) is 17.5 Å². The van der Waals surface area contributed by atoms with Gasteiger partial charge in [0.2, 0.25) is 11.7 Å². The Balaban J connectivity index is 2.32. The first-order chi connectivity index (χ1) is 8.76. The Morgan fingerprint density at radius 3 is 3.06 bits per heavy atom. The zero-order valence-corrected chi connectivity index (χ0v) is 10.0. The van der Waals surface area contributed by atoms with Gasteiger partial charge >= 0.3 is 5.97 Å². The Bertz CT molecular complexity index is 553. The lowest BCUT2D eigenvalue weighted by molar-refractivity contribution is 0.0512. The molecule has 2 rings (SSSR count). The highest BCUT2D eigenvalue weighted by Crippen LogP contribution is 2.23. The van der Waals surface area contributed by atoms with Gasteiger partial charge in [-0.15, -0.1) is 0 Å². The molecular weight excluding hydrogens is 236 g/mol. The molecule has 2 aromatic heterocycles. The molecule has 0 saturated heterocycles. The molecule has 2 aromatic rings. The average molecular weight is 248 g/mol. The van der Waals surface area contributed by atoms with Crippen LogP contribution in [0.2, 0.25) is 0 Å². The van der Waals surface area contributed by atoms with E-state index >= 15 is 0 Å². The van der Waals surface area contributed by atoms with E-state index in [1.165, 1.54) is 7.11 Å². The summed E-state index contributed by atoms with van der Waals surface area (Å²) in [7, 11) is 1.50. The van der Waals surface area contributed by atoms with Gasteiger partial charge in [0.15, 0.2) is 5.82 Å². The second-order valence-corrected chi connectivity index (χ2v) is 3.29. The van der Waals surface area contributed by atoms with Crippen LogP contribution in [0, 0.1) is 0 Å². The summed E-state index contributed by atoms with van der Waals surface area (Å²) in [5, 5.41) is 6.46. The van der Waals surface area contributed by atoms with Gasteiger partial charge in [-0.1, -0.05) is 0 Å². The maximum Gasteiger partial charge on any atom is 0.375 e. The van der Waals surface area contributed by atoms with Crippen LogP contribution in [0.4, 0.5) is 0 Å². The summed E-state index contributed by atoms with van der Waals surface area (Å²) in [6, 6.07) is 3.49. The van der Waals surface area contributed by atoms with Gasteiger partial charge in [-0.3, -0.25) is 5.10 Å². The second kappa shape index (κ2) is 5.26. The topological polar surface area (TPSA) is 90.0 Å². The van der Waals surface area contributed by atoms with E-state index in [0.717, 1.165) is 0 Å². The summed E-state index contributed by atoms with van der Waals surface area (Å²) in [4.78, 5) is 19.5. The van der Waals surface area contributed by atoms with Gasteiger partial charge < -0.3 is 9.47 Å². The number of nitrogens with one attached hydrogen (secondary N) is 1. The Morgan fingerprint density at radius 1 is 1.50 bits per heavy atom. The third-order valence-corrected chi connectivity index (χ3v) is 2.16. The summed E-state index contributed by atoms with van der Waals surface area (Å²) < 4.78 is 9.91. The quantitative estimate of drug-likeness (QED) is 0.813. The highest BCUT2D eigenvalue weighted by molar-refractivity contribution is 5.85. The standard InChI is InChI=1S/C11H12N4O3/c1-3-18-11(16)9-13-8(14-15-9)7-5-4-6-12-10(7)17-2/h4-6H,3H2,1-2H3,(H,13,14,15). The minimum absolute atomic E-state index is 0.0535. The van der Waals surface area contributed by atoms with E-state index < -0.39 is 5.97 Å². The van der Waals surface area contributed by atoms with Crippen molar-refractivity contribution < 1.29 is 14.3 Å². The molecule has 94 valence electrons. The molecule has 0 spiro atoms. The summed E-state index contributed by atoms with van der Waals surface area (Å²) in [5.41, 5.74) is 0.604. The predicted octanol–water partition coefficient (Wildman–Crippen LogP) is 1.05. The average Bonchev–Trinajstić information content (AvgIpc) is 2.88. The van der Waals surface area contributed by atoms with Gasteiger partial charge in [-0.2, -0.15) is 5.10 Å². The number of carbonyl (C=O) groups excluding carboxylic acids is 1. The first-order valence-corrected chi connectivity index (χ1v) is 5.35. The van der Waals surface area contributed by atoms with Gasteiger partial charge in [-0.25, -0.2) is 14.8 Å². The number of nitrogens with zero attached hydrogens (tertiary/aromatic N) is 3. The van der Waals surface area contributed by atoms with Crippen molar-refractivity contribution in [2.75, 3.05) is 13.7 Å². The number of pyridine rings is 1. The Labute approximate surface area is 103 Å². The number of hydrogen-bond donors (Lipinski definition) is 1. The second-order valence-electron chi connectivity index (χ2n) is 3.29. The number of aromatic nitrogens is 4. The fourth-order valence-electron chi connectivity index (χ4n) is 1.40. The molecule has 0 atom stereocenters. The molecular formula is C11H12N4O3. The van der Waals surface area contributed by atoms with Crippen molar-refractivity contribution in [1.29, 1.82) is 0 Å². The molecule has 0 aliphatic rings. The third kappa shape index (κ3) is 2.29. The van der Waals surface area contributed by atoms with Crippen LogP contribution in [-0.2, 0) is 4.74 Å². The smallest absolute Gasteiger partial charge is 0.375 e. The molecule has 0 bridgehead atoms.